The van der Waals surface area contributed by atoms with E-state index in [1.54, 1.807) is 34.9 Å². The van der Waals surface area contributed by atoms with Gasteiger partial charge >= 0.3 is 0 Å². The van der Waals surface area contributed by atoms with Crippen LogP contribution in [-0.2, 0) is 12.3 Å². The van der Waals surface area contributed by atoms with Gasteiger partial charge in [0.2, 0.25) is 0 Å². The Morgan fingerprint density at radius 3 is 2.72 bits per heavy atom. The molecule has 0 aliphatic heterocycles. The summed E-state index contributed by atoms with van der Waals surface area (Å²) in [5.74, 6) is 0.798. The van der Waals surface area contributed by atoms with E-state index in [1.165, 1.54) is 0 Å². The minimum atomic E-state index is 0.515. The number of rotatable bonds is 5. The topological polar surface area (TPSA) is 51.8 Å². The van der Waals surface area contributed by atoms with Crippen LogP contribution in [0.5, 0.6) is 0 Å². The highest BCUT2D eigenvalue weighted by Crippen LogP contribution is 2.31. The second kappa shape index (κ2) is 6.77. The van der Waals surface area contributed by atoms with Crippen molar-refractivity contribution in [3.63, 3.8) is 0 Å². The van der Waals surface area contributed by atoms with Crippen molar-refractivity contribution in [1.82, 2.24) is 10.2 Å². The maximum atomic E-state index is 6.20. The van der Waals surface area contributed by atoms with E-state index in [1.807, 2.05) is 24.5 Å². The fraction of sp³-hybridized carbons (Fsp3) is 0.273. The van der Waals surface area contributed by atoms with Gasteiger partial charge < -0.3 is 5.73 Å². The first-order valence-electron chi connectivity index (χ1n) is 5.20. The molecule has 2 N–H and O–H groups in total. The Morgan fingerprint density at radius 2 is 2.11 bits per heavy atom. The van der Waals surface area contributed by atoms with E-state index in [0.717, 1.165) is 30.6 Å². The second-order valence-corrected chi connectivity index (χ2v) is 7.12. The summed E-state index contributed by atoms with van der Waals surface area (Å²) in [6.07, 6.45) is 2.00. The number of halogens is 1. The highest BCUT2D eigenvalue weighted by Gasteiger charge is 2.06. The average molecular weight is 318 g/mol. The van der Waals surface area contributed by atoms with Crippen molar-refractivity contribution in [1.29, 1.82) is 0 Å². The van der Waals surface area contributed by atoms with Gasteiger partial charge in [0.25, 0.3) is 0 Å². The van der Waals surface area contributed by atoms with Crippen molar-refractivity contribution < 1.29 is 0 Å². The Kier molecular flexibility index (Phi) is 5.32. The SMILES string of the molecule is CSc1nnc(SCc2ccc(CN)cc2Cl)s1. The minimum absolute atomic E-state index is 0.515. The van der Waals surface area contributed by atoms with Crippen LogP contribution in [0.1, 0.15) is 11.1 Å². The lowest BCUT2D eigenvalue weighted by Crippen LogP contribution is -1.96. The summed E-state index contributed by atoms with van der Waals surface area (Å²) in [5.41, 5.74) is 7.72. The number of hydrogen-bond acceptors (Lipinski definition) is 6. The zero-order valence-electron chi connectivity index (χ0n) is 9.72. The molecule has 0 amide bonds. The summed E-state index contributed by atoms with van der Waals surface area (Å²) in [6, 6.07) is 5.95. The molecule has 0 atom stereocenters. The molecule has 18 heavy (non-hydrogen) atoms. The summed E-state index contributed by atoms with van der Waals surface area (Å²) in [5, 5.41) is 8.93. The predicted octanol–water partition coefficient (Wildman–Crippen LogP) is 3.66. The Morgan fingerprint density at radius 1 is 1.33 bits per heavy atom. The summed E-state index contributed by atoms with van der Waals surface area (Å²) < 4.78 is 1.96. The summed E-state index contributed by atoms with van der Waals surface area (Å²) >= 11 is 11.1. The van der Waals surface area contributed by atoms with Crippen LogP contribution in [0, 0.1) is 0 Å². The van der Waals surface area contributed by atoms with Gasteiger partial charge in [0.1, 0.15) is 0 Å². The van der Waals surface area contributed by atoms with Crippen LogP contribution >= 0.6 is 46.5 Å². The molecule has 2 rings (SSSR count). The van der Waals surface area contributed by atoms with Crippen LogP contribution in [0.3, 0.4) is 0 Å². The molecule has 0 radical (unpaired) electrons. The number of benzene rings is 1. The minimum Gasteiger partial charge on any atom is -0.326 e. The lowest BCUT2D eigenvalue weighted by Gasteiger charge is -2.04. The third kappa shape index (κ3) is 3.61. The summed E-state index contributed by atoms with van der Waals surface area (Å²) in [7, 11) is 0. The van der Waals surface area contributed by atoms with Crippen molar-refractivity contribution in [3.05, 3.63) is 34.3 Å². The van der Waals surface area contributed by atoms with Crippen LogP contribution in [0.15, 0.2) is 26.9 Å². The highest BCUT2D eigenvalue weighted by atomic mass is 35.5. The fourth-order valence-corrected chi connectivity index (χ4v) is 4.10. The summed E-state index contributed by atoms with van der Waals surface area (Å²) in [4.78, 5) is 0. The molecular formula is C11H12ClN3S3. The monoisotopic (exact) mass is 317 g/mol. The smallest absolute Gasteiger partial charge is 0.175 e. The molecule has 0 saturated heterocycles. The maximum absolute atomic E-state index is 6.20. The van der Waals surface area contributed by atoms with Crippen LogP contribution in [0.25, 0.3) is 0 Å². The van der Waals surface area contributed by atoms with Crippen LogP contribution in [0.2, 0.25) is 5.02 Å². The summed E-state index contributed by atoms with van der Waals surface area (Å²) in [6.45, 7) is 0.515. The standard InChI is InChI=1S/C11H12ClN3S3/c1-16-10-14-15-11(18-10)17-6-8-3-2-7(5-13)4-9(8)12/h2-4H,5-6,13H2,1H3. The highest BCUT2D eigenvalue weighted by molar-refractivity contribution is 8.02. The molecule has 0 saturated carbocycles. The van der Waals surface area contributed by atoms with E-state index in [9.17, 15) is 0 Å². The van der Waals surface area contributed by atoms with Gasteiger partial charge in [-0.1, -0.05) is 58.6 Å². The number of aromatic nitrogens is 2. The van der Waals surface area contributed by atoms with Gasteiger partial charge in [-0.3, -0.25) is 0 Å². The molecule has 0 bridgehead atoms. The first-order chi connectivity index (χ1) is 8.72. The van der Waals surface area contributed by atoms with E-state index in [0.29, 0.717) is 6.54 Å². The molecule has 0 aliphatic carbocycles. The average Bonchev–Trinajstić information content (AvgIpc) is 2.85. The zero-order chi connectivity index (χ0) is 13.0. The van der Waals surface area contributed by atoms with Gasteiger partial charge in [-0.05, 0) is 23.4 Å². The lowest BCUT2D eigenvalue weighted by atomic mass is 10.1. The molecule has 1 aromatic carbocycles. The largest absolute Gasteiger partial charge is 0.326 e. The molecule has 1 heterocycles. The number of nitrogens with zero attached hydrogens (tertiary/aromatic N) is 2. The van der Waals surface area contributed by atoms with Crippen molar-refractivity contribution in [2.24, 2.45) is 5.73 Å². The van der Waals surface area contributed by atoms with E-state index >= 15 is 0 Å². The molecule has 0 unspecified atom stereocenters. The molecule has 0 spiro atoms. The Hall–Kier alpha value is -0.270. The van der Waals surface area contributed by atoms with Crippen LogP contribution in [0.4, 0.5) is 0 Å². The van der Waals surface area contributed by atoms with Crippen LogP contribution in [-0.4, -0.2) is 16.5 Å². The van der Waals surface area contributed by atoms with Gasteiger partial charge in [0, 0.05) is 17.3 Å². The number of thioether (sulfide) groups is 2. The first kappa shape index (κ1) is 14.1. The molecule has 2 aromatic rings. The van der Waals surface area contributed by atoms with Crippen molar-refractivity contribution in [2.45, 2.75) is 21.0 Å². The quantitative estimate of drug-likeness (QED) is 0.853. The van der Waals surface area contributed by atoms with Crippen molar-refractivity contribution >= 4 is 46.5 Å². The molecule has 7 heteroatoms. The lowest BCUT2D eigenvalue weighted by molar-refractivity contribution is 0.955. The molecular weight excluding hydrogens is 306 g/mol. The third-order valence-corrected chi connectivity index (χ3v) is 5.70. The maximum Gasteiger partial charge on any atom is 0.175 e. The fourth-order valence-electron chi connectivity index (χ4n) is 1.31. The van der Waals surface area contributed by atoms with Gasteiger partial charge in [0.05, 0.1) is 0 Å². The Labute approximate surface area is 124 Å². The molecule has 1 aromatic heterocycles. The molecule has 0 fully saturated rings. The number of hydrogen-bond donors (Lipinski definition) is 1. The van der Waals surface area contributed by atoms with E-state index in [4.69, 9.17) is 17.3 Å². The first-order valence-corrected chi connectivity index (χ1v) is 8.61. The zero-order valence-corrected chi connectivity index (χ0v) is 12.9. The Bertz CT molecular complexity index is 530. The van der Waals surface area contributed by atoms with E-state index < -0.39 is 0 Å². The number of nitrogens with two attached hydrogens (primary N) is 1. The molecule has 0 aliphatic rings. The van der Waals surface area contributed by atoms with Gasteiger partial charge in [-0.25, -0.2) is 0 Å². The Balaban J connectivity index is 2.01. The predicted molar refractivity (Wildman–Crippen MR) is 80.6 cm³/mol. The van der Waals surface area contributed by atoms with E-state index in [2.05, 4.69) is 10.2 Å². The molecule has 3 nitrogen and oxygen atoms in total. The van der Waals surface area contributed by atoms with Gasteiger partial charge in [0.15, 0.2) is 8.68 Å². The van der Waals surface area contributed by atoms with Crippen molar-refractivity contribution in [2.75, 3.05) is 6.26 Å². The normalized spacial score (nSPS) is 10.8. The molecule has 96 valence electrons. The second-order valence-electron chi connectivity index (χ2n) is 3.46. The van der Waals surface area contributed by atoms with Crippen LogP contribution < -0.4 is 5.73 Å². The van der Waals surface area contributed by atoms with Gasteiger partial charge in [-0.15, -0.1) is 10.2 Å². The van der Waals surface area contributed by atoms with Gasteiger partial charge in [-0.2, -0.15) is 0 Å². The van der Waals surface area contributed by atoms with Crippen molar-refractivity contribution in [3.8, 4) is 0 Å². The third-order valence-electron chi connectivity index (χ3n) is 2.27. The van der Waals surface area contributed by atoms with E-state index in [-0.39, 0.29) is 0 Å².